The molecule has 1 aromatic rings. The summed E-state index contributed by atoms with van der Waals surface area (Å²) in [4.78, 5) is 4.20. The molecule has 1 saturated carbocycles. The number of halogens is 1. The molecule has 110 valence electrons. The van der Waals surface area contributed by atoms with Crippen molar-refractivity contribution in [3.8, 4) is 5.75 Å². The number of hydrogen-bond donors (Lipinski definition) is 2. The average molecular weight is 296 g/mol. The highest BCUT2D eigenvalue weighted by Crippen LogP contribution is 2.27. The van der Waals surface area contributed by atoms with Crippen molar-refractivity contribution >= 4 is 17.6 Å². The fraction of sp³-hybridized carbons (Fsp3) is 0.533. The molecule has 0 bridgehead atoms. The molecule has 1 unspecified atom stereocenters. The molecule has 1 aromatic carbocycles. The number of guanidine groups is 1. The van der Waals surface area contributed by atoms with Crippen molar-refractivity contribution in [3.63, 3.8) is 0 Å². The minimum Gasteiger partial charge on any atom is -0.489 e. The second-order valence-electron chi connectivity index (χ2n) is 5.16. The Balaban J connectivity index is 1.71. The lowest BCUT2D eigenvalue weighted by Gasteiger charge is -2.17. The second-order valence-corrected chi connectivity index (χ2v) is 5.60. The topological polar surface area (TPSA) is 45.7 Å². The van der Waals surface area contributed by atoms with Gasteiger partial charge in [-0.2, -0.15) is 0 Å². The number of hydrogen-bond acceptors (Lipinski definition) is 2. The molecule has 0 spiro atoms. The van der Waals surface area contributed by atoms with E-state index in [0.29, 0.717) is 11.6 Å². The Morgan fingerprint density at radius 3 is 2.90 bits per heavy atom. The summed E-state index contributed by atoms with van der Waals surface area (Å²) < 4.78 is 5.80. The first-order chi connectivity index (χ1) is 9.67. The van der Waals surface area contributed by atoms with Gasteiger partial charge in [-0.05, 0) is 43.9 Å². The number of aliphatic imine (C=N–C) groups is 1. The van der Waals surface area contributed by atoms with Gasteiger partial charge in [-0.1, -0.05) is 17.7 Å². The Morgan fingerprint density at radius 2 is 2.25 bits per heavy atom. The van der Waals surface area contributed by atoms with Crippen LogP contribution < -0.4 is 15.4 Å². The third-order valence-electron chi connectivity index (χ3n) is 3.17. The van der Waals surface area contributed by atoms with E-state index in [4.69, 9.17) is 16.3 Å². The maximum Gasteiger partial charge on any atom is 0.191 e. The maximum absolute atomic E-state index is 5.93. The summed E-state index contributed by atoms with van der Waals surface area (Å²) in [6.07, 6.45) is 2.70. The molecule has 0 aliphatic heterocycles. The van der Waals surface area contributed by atoms with Gasteiger partial charge in [0.25, 0.3) is 0 Å². The molecular weight excluding hydrogens is 274 g/mol. The van der Waals surface area contributed by atoms with Gasteiger partial charge >= 0.3 is 0 Å². The molecule has 2 rings (SSSR count). The van der Waals surface area contributed by atoms with E-state index >= 15 is 0 Å². The van der Waals surface area contributed by atoms with E-state index in [1.54, 1.807) is 7.05 Å². The second kappa shape index (κ2) is 7.39. The van der Waals surface area contributed by atoms with Gasteiger partial charge in [0.1, 0.15) is 11.9 Å². The van der Waals surface area contributed by atoms with Crippen molar-refractivity contribution in [1.29, 1.82) is 0 Å². The predicted molar refractivity (Wildman–Crippen MR) is 83.6 cm³/mol. The van der Waals surface area contributed by atoms with Crippen LogP contribution in [0.2, 0.25) is 5.02 Å². The van der Waals surface area contributed by atoms with Crippen molar-refractivity contribution in [1.82, 2.24) is 10.6 Å². The summed E-state index contributed by atoms with van der Waals surface area (Å²) in [5, 5.41) is 7.27. The van der Waals surface area contributed by atoms with E-state index in [0.717, 1.165) is 24.2 Å². The van der Waals surface area contributed by atoms with E-state index < -0.39 is 0 Å². The lowest BCUT2D eigenvalue weighted by atomic mass is 10.3. The Hall–Kier alpha value is -1.42. The average Bonchev–Trinajstić information content (AvgIpc) is 3.23. The summed E-state index contributed by atoms with van der Waals surface area (Å²) in [6.45, 7) is 3.71. The number of ether oxygens (including phenoxy) is 1. The fourth-order valence-corrected chi connectivity index (χ4v) is 2.02. The van der Waals surface area contributed by atoms with Crippen LogP contribution in [0.25, 0.3) is 0 Å². The smallest absolute Gasteiger partial charge is 0.191 e. The van der Waals surface area contributed by atoms with Crippen LogP contribution in [0, 0.1) is 5.92 Å². The Bertz CT molecular complexity index is 460. The van der Waals surface area contributed by atoms with Crippen LogP contribution in [-0.2, 0) is 0 Å². The van der Waals surface area contributed by atoms with Crippen molar-refractivity contribution in [2.75, 3.05) is 20.1 Å². The molecule has 0 aromatic heterocycles. The van der Waals surface area contributed by atoms with Crippen molar-refractivity contribution < 1.29 is 4.74 Å². The normalized spacial score (nSPS) is 16.6. The third kappa shape index (κ3) is 5.29. The quantitative estimate of drug-likeness (QED) is 0.626. The summed E-state index contributed by atoms with van der Waals surface area (Å²) in [5.74, 6) is 2.44. The molecule has 1 aliphatic carbocycles. The van der Waals surface area contributed by atoms with Gasteiger partial charge in [-0.25, -0.2) is 0 Å². The van der Waals surface area contributed by atoms with E-state index in [1.807, 2.05) is 31.2 Å². The highest BCUT2D eigenvalue weighted by atomic mass is 35.5. The molecule has 5 heteroatoms. The Kier molecular flexibility index (Phi) is 5.53. The zero-order chi connectivity index (χ0) is 14.4. The fourth-order valence-electron chi connectivity index (χ4n) is 1.84. The molecule has 0 saturated heterocycles. The van der Waals surface area contributed by atoms with Crippen LogP contribution in [-0.4, -0.2) is 32.2 Å². The first-order valence-corrected chi connectivity index (χ1v) is 7.42. The molecule has 2 N–H and O–H groups in total. The Morgan fingerprint density at radius 1 is 1.45 bits per heavy atom. The number of benzene rings is 1. The van der Waals surface area contributed by atoms with E-state index in [9.17, 15) is 0 Å². The first-order valence-electron chi connectivity index (χ1n) is 7.04. The SMILES string of the molecule is CN=C(NCC1CC1)NCC(C)Oc1cccc(Cl)c1. The minimum atomic E-state index is 0.0351. The predicted octanol–water partition coefficient (Wildman–Crippen LogP) is 2.68. The highest BCUT2D eigenvalue weighted by Gasteiger charge is 2.21. The van der Waals surface area contributed by atoms with Crippen molar-refractivity contribution in [2.45, 2.75) is 25.9 Å². The lowest BCUT2D eigenvalue weighted by molar-refractivity contribution is 0.224. The first kappa shape index (κ1) is 15.0. The molecule has 0 heterocycles. The standard InChI is InChI=1S/C15H22ClN3O/c1-11(20-14-5-3-4-13(16)8-14)9-18-15(17-2)19-10-12-6-7-12/h3-5,8,11-12H,6-7,9-10H2,1-2H3,(H2,17,18,19). The van der Waals surface area contributed by atoms with E-state index in [1.165, 1.54) is 12.8 Å². The van der Waals surface area contributed by atoms with E-state index in [2.05, 4.69) is 15.6 Å². The molecular formula is C15H22ClN3O. The van der Waals surface area contributed by atoms with Crippen molar-refractivity contribution in [2.24, 2.45) is 10.9 Å². The van der Waals surface area contributed by atoms with E-state index in [-0.39, 0.29) is 6.10 Å². The molecule has 0 amide bonds. The number of rotatable bonds is 6. The number of nitrogens with one attached hydrogen (secondary N) is 2. The monoisotopic (exact) mass is 295 g/mol. The van der Waals surface area contributed by atoms with Crippen molar-refractivity contribution in [3.05, 3.63) is 29.3 Å². The van der Waals surface area contributed by atoms with Gasteiger partial charge in [0.05, 0.1) is 6.54 Å². The van der Waals surface area contributed by atoms with Crippen LogP contribution in [0.4, 0.5) is 0 Å². The summed E-state index contributed by atoms with van der Waals surface area (Å²) in [6, 6.07) is 7.44. The third-order valence-corrected chi connectivity index (χ3v) is 3.40. The van der Waals surface area contributed by atoms with Gasteiger partial charge in [0.15, 0.2) is 5.96 Å². The zero-order valence-corrected chi connectivity index (χ0v) is 12.8. The minimum absolute atomic E-state index is 0.0351. The van der Waals surface area contributed by atoms with Gasteiger partial charge in [0, 0.05) is 18.6 Å². The van der Waals surface area contributed by atoms with Gasteiger partial charge in [-0.3, -0.25) is 4.99 Å². The summed E-state index contributed by atoms with van der Waals surface area (Å²) in [5.41, 5.74) is 0. The van der Waals surface area contributed by atoms with Crippen LogP contribution >= 0.6 is 11.6 Å². The highest BCUT2D eigenvalue weighted by molar-refractivity contribution is 6.30. The van der Waals surface area contributed by atoms with Crippen LogP contribution in [0.1, 0.15) is 19.8 Å². The molecule has 4 nitrogen and oxygen atoms in total. The molecule has 1 fully saturated rings. The molecule has 0 radical (unpaired) electrons. The van der Waals surface area contributed by atoms with Crippen LogP contribution in [0.5, 0.6) is 5.75 Å². The molecule has 1 atom stereocenters. The lowest BCUT2D eigenvalue weighted by Crippen LogP contribution is -2.42. The van der Waals surface area contributed by atoms with Gasteiger partial charge in [0.2, 0.25) is 0 Å². The van der Waals surface area contributed by atoms with Gasteiger partial charge in [-0.15, -0.1) is 0 Å². The maximum atomic E-state index is 5.93. The van der Waals surface area contributed by atoms with Gasteiger partial charge < -0.3 is 15.4 Å². The Labute approximate surface area is 125 Å². The van der Waals surface area contributed by atoms with Crippen LogP contribution in [0.3, 0.4) is 0 Å². The summed E-state index contributed by atoms with van der Waals surface area (Å²) in [7, 11) is 1.78. The number of nitrogens with zero attached hydrogens (tertiary/aromatic N) is 1. The molecule has 20 heavy (non-hydrogen) atoms. The van der Waals surface area contributed by atoms with Crippen LogP contribution in [0.15, 0.2) is 29.3 Å². The summed E-state index contributed by atoms with van der Waals surface area (Å²) >= 11 is 5.93. The zero-order valence-electron chi connectivity index (χ0n) is 12.0. The molecule has 1 aliphatic rings. The largest absolute Gasteiger partial charge is 0.489 e.